The highest BCUT2D eigenvalue weighted by Gasteiger charge is 2.58. The summed E-state index contributed by atoms with van der Waals surface area (Å²) in [5.74, 6) is -5.89. The summed E-state index contributed by atoms with van der Waals surface area (Å²) in [4.78, 5) is 12.9. The van der Waals surface area contributed by atoms with Crippen molar-refractivity contribution in [2.45, 2.75) is 12.1 Å². The molecule has 9 heteroatoms. The summed E-state index contributed by atoms with van der Waals surface area (Å²) in [6, 6.07) is 3.52. The Balaban J connectivity index is 2.94. The third kappa shape index (κ3) is 3.96. The highest BCUT2D eigenvalue weighted by atomic mass is 19.4. The molecule has 0 spiro atoms. The van der Waals surface area contributed by atoms with Gasteiger partial charge in [-0.15, -0.1) is 0 Å². The van der Waals surface area contributed by atoms with Gasteiger partial charge in [-0.05, 0) is 18.2 Å². The summed E-state index contributed by atoms with van der Waals surface area (Å²) >= 11 is 0. The van der Waals surface area contributed by atoms with E-state index in [0.717, 1.165) is 6.07 Å². The smallest absolute Gasteiger partial charge is 0.456 e. The van der Waals surface area contributed by atoms with Crippen LogP contribution in [0.1, 0.15) is 10.4 Å². The molecule has 1 aromatic rings. The molecule has 1 amide bonds. The van der Waals surface area contributed by atoms with E-state index in [-0.39, 0.29) is 11.3 Å². The third-order valence-corrected chi connectivity index (χ3v) is 2.49. The van der Waals surface area contributed by atoms with Crippen molar-refractivity contribution in [1.29, 1.82) is 0 Å². The second kappa shape index (κ2) is 5.74. The van der Waals surface area contributed by atoms with E-state index in [1.165, 1.54) is 31.1 Å². The lowest BCUT2D eigenvalue weighted by Crippen LogP contribution is -2.41. The number of nitrogen functional groups attached to an aromatic ring is 1. The fourth-order valence-corrected chi connectivity index (χ4v) is 1.30. The Labute approximate surface area is 117 Å². The molecule has 0 aliphatic carbocycles. The molecule has 0 atom stereocenters. The first-order chi connectivity index (χ1) is 9.45. The van der Waals surface area contributed by atoms with E-state index in [4.69, 9.17) is 5.73 Å². The van der Waals surface area contributed by atoms with Crippen LogP contribution in [0.2, 0.25) is 0 Å². The van der Waals surface area contributed by atoms with Gasteiger partial charge >= 0.3 is 12.1 Å². The Morgan fingerprint density at radius 1 is 1.24 bits per heavy atom. The molecule has 0 fully saturated rings. The van der Waals surface area contributed by atoms with Crippen molar-refractivity contribution in [3.63, 3.8) is 0 Å². The number of alkyl halides is 5. The molecule has 0 bridgehead atoms. The molecule has 118 valence electrons. The molecule has 1 aromatic carbocycles. The molecule has 1 rings (SSSR count). The van der Waals surface area contributed by atoms with Gasteiger partial charge in [-0.25, -0.2) is 0 Å². The van der Waals surface area contributed by atoms with Crippen LogP contribution in [0.3, 0.4) is 0 Å². The second-order valence-corrected chi connectivity index (χ2v) is 4.44. The van der Waals surface area contributed by atoms with E-state index in [2.05, 4.69) is 4.74 Å². The van der Waals surface area contributed by atoms with Gasteiger partial charge in [0, 0.05) is 19.7 Å². The van der Waals surface area contributed by atoms with Gasteiger partial charge in [-0.1, -0.05) is 0 Å². The Kier molecular flexibility index (Phi) is 4.65. The molecule has 0 aliphatic heterocycles. The summed E-state index contributed by atoms with van der Waals surface area (Å²) in [6.07, 6.45) is -5.72. The Bertz CT molecular complexity index is 529. The first-order valence-corrected chi connectivity index (χ1v) is 5.64. The largest absolute Gasteiger partial charge is 0.485 e. The number of carbonyl (C=O) groups excluding carboxylic acids is 1. The van der Waals surface area contributed by atoms with Crippen LogP contribution >= 0.6 is 0 Å². The van der Waals surface area contributed by atoms with Crippen molar-refractivity contribution in [2.24, 2.45) is 0 Å². The maximum atomic E-state index is 12.8. The SMILES string of the molecule is CN(C)C(=O)c1ccc(N)c(OCC(F)(F)C(F)(F)F)c1. The monoisotopic (exact) mass is 312 g/mol. The molecule has 0 aromatic heterocycles. The molecule has 21 heavy (non-hydrogen) atoms. The van der Waals surface area contributed by atoms with Gasteiger partial charge in [0.15, 0.2) is 6.61 Å². The fourth-order valence-electron chi connectivity index (χ4n) is 1.30. The highest BCUT2D eigenvalue weighted by molar-refractivity contribution is 5.94. The van der Waals surface area contributed by atoms with Gasteiger partial charge in [-0.2, -0.15) is 22.0 Å². The highest BCUT2D eigenvalue weighted by Crippen LogP contribution is 2.36. The van der Waals surface area contributed by atoms with Crippen LogP contribution in [-0.4, -0.2) is 43.6 Å². The minimum absolute atomic E-state index is 0.0551. The summed E-state index contributed by atoms with van der Waals surface area (Å²) in [7, 11) is 2.91. The lowest BCUT2D eigenvalue weighted by atomic mass is 10.1. The van der Waals surface area contributed by atoms with Gasteiger partial charge < -0.3 is 15.4 Å². The maximum absolute atomic E-state index is 12.8. The first-order valence-electron chi connectivity index (χ1n) is 5.64. The first kappa shape index (κ1) is 17.0. The van der Waals surface area contributed by atoms with E-state index in [9.17, 15) is 26.7 Å². The average Bonchev–Trinajstić information content (AvgIpc) is 2.35. The number of ether oxygens (including phenoxy) is 1. The summed E-state index contributed by atoms with van der Waals surface area (Å²) in [5, 5.41) is 0. The number of hydrogen-bond donors (Lipinski definition) is 1. The summed E-state index contributed by atoms with van der Waals surface area (Å²) < 4.78 is 66.1. The van der Waals surface area contributed by atoms with Crippen LogP contribution in [0, 0.1) is 0 Å². The molecule has 2 N–H and O–H groups in total. The molecule has 0 unspecified atom stereocenters. The van der Waals surface area contributed by atoms with E-state index in [0.29, 0.717) is 0 Å². The van der Waals surface area contributed by atoms with Crippen molar-refractivity contribution in [3.8, 4) is 5.75 Å². The number of halogens is 5. The van der Waals surface area contributed by atoms with Crippen molar-refractivity contribution in [2.75, 3.05) is 26.4 Å². The van der Waals surface area contributed by atoms with Gasteiger partial charge in [0.2, 0.25) is 0 Å². The zero-order valence-electron chi connectivity index (χ0n) is 11.2. The van der Waals surface area contributed by atoms with Crippen molar-refractivity contribution in [3.05, 3.63) is 23.8 Å². The van der Waals surface area contributed by atoms with Crippen LogP contribution < -0.4 is 10.5 Å². The van der Waals surface area contributed by atoms with E-state index in [1.807, 2.05) is 0 Å². The number of benzene rings is 1. The quantitative estimate of drug-likeness (QED) is 0.686. The number of anilines is 1. The summed E-state index contributed by atoms with van der Waals surface area (Å²) in [5.41, 5.74) is 5.33. The van der Waals surface area contributed by atoms with Crippen molar-refractivity contribution < 1.29 is 31.5 Å². The van der Waals surface area contributed by atoms with E-state index in [1.54, 1.807) is 0 Å². The minimum Gasteiger partial charge on any atom is -0.485 e. The molecule has 0 saturated carbocycles. The number of amides is 1. The normalized spacial score (nSPS) is 12.1. The van der Waals surface area contributed by atoms with E-state index >= 15 is 0 Å². The molecule has 0 radical (unpaired) electrons. The number of rotatable bonds is 4. The topological polar surface area (TPSA) is 55.6 Å². The Morgan fingerprint density at radius 2 is 1.81 bits per heavy atom. The fraction of sp³-hybridized carbons (Fsp3) is 0.417. The second-order valence-electron chi connectivity index (χ2n) is 4.44. The lowest BCUT2D eigenvalue weighted by molar-refractivity contribution is -0.289. The molecular formula is C12H13F5N2O2. The van der Waals surface area contributed by atoms with Gasteiger partial charge in [-0.3, -0.25) is 4.79 Å². The van der Waals surface area contributed by atoms with Crippen molar-refractivity contribution in [1.82, 2.24) is 4.90 Å². The Morgan fingerprint density at radius 3 is 2.29 bits per heavy atom. The maximum Gasteiger partial charge on any atom is 0.456 e. The van der Waals surface area contributed by atoms with Gasteiger partial charge in [0.1, 0.15) is 5.75 Å². The van der Waals surface area contributed by atoms with Crippen LogP contribution in [-0.2, 0) is 0 Å². The molecule has 4 nitrogen and oxygen atoms in total. The standard InChI is InChI=1S/C12H13F5N2O2/c1-19(2)10(20)7-3-4-8(18)9(5-7)21-6-11(13,14)12(15,16)17/h3-5H,6,18H2,1-2H3. The van der Waals surface area contributed by atoms with Gasteiger partial charge in [0.25, 0.3) is 5.91 Å². The van der Waals surface area contributed by atoms with Crippen LogP contribution in [0.15, 0.2) is 18.2 Å². The number of hydrogen-bond acceptors (Lipinski definition) is 3. The van der Waals surface area contributed by atoms with Gasteiger partial charge in [0.05, 0.1) is 5.69 Å². The molecule has 0 saturated heterocycles. The van der Waals surface area contributed by atoms with Crippen molar-refractivity contribution >= 4 is 11.6 Å². The number of nitrogens with two attached hydrogens (primary N) is 1. The third-order valence-electron chi connectivity index (χ3n) is 2.49. The Hall–Kier alpha value is -2.06. The van der Waals surface area contributed by atoms with E-state index < -0.39 is 30.4 Å². The molecule has 0 aliphatic rings. The number of carbonyl (C=O) groups is 1. The molecule has 0 heterocycles. The predicted octanol–water partition coefficient (Wildman–Crippen LogP) is 2.55. The molecular weight excluding hydrogens is 299 g/mol. The van der Waals surface area contributed by atoms with Crippen LogP contribution in [0.4, 0.5) is 27.6 Å². The summed E-state index contributed by atoms with van der Waals surface area (Å²) in [6.45, 7) is -1.92. The predicted molar refractivity (Wildman–Crippen MR) is 65.4 cm³/mol. The zero-order valence-corrected chi connectivity index (χ0v) is 11.2. The minimum atomic E-state index is -5.72. The zero-order chi connectivity index (χ0) is 16.4. The van der Waals surface area contributed by atoms with Crippen LogP contribution in [0.25, 0.3) is 0 Å². The lowest BCUT2D eigenvalue weighted by Gasteiger charge is -2.20. The van der Waals surface area contributed by atoms with Crippen LogP contribution in [0.5, 0.6) is 5.75 Å². The average molecular weight is 312 g/mol. The number of nitrogens with zero attached hydrogens (tertiary/aromatic N) is 1.